The van der Waals surface area contributed by atoms with E-state index < -0.39 is 30.4 Å². The molecule has 0 bridgehead atoms. The Bertz CT molecular complexity index is 326. The van der Waals surface area contributed by atoms with E-state index in [0.29, 0.717) is 19.6 Å². The molecule has 102 valence electrons. The minimum absolute atomic E-state index is 0.410. The van der Waals surface area contributed by atoms with Crippen molar-refractivity contribution >= 4 is 17.9 Å². The summed E-state index contributed by atoms with van der Waals surface area (Å²) in [4.78, 5) is 34.9. The Morgan fingerprint density at radius 3 is 2.67 bits per heavy atom. The Hall–Kier alpha value is -1.83. The van der Waals surface area contributed by atoms with Crippen molar-refractivity contribution in [3.8, 4) is 0 Å². The van der Waals surface area contributed by atoms with Crippen molar-refractivity contribution in [2.75, 3.05) is 26.2 Å². The van der Waals surface area contributed by atoms with Gasteiger partial charge in [-0.3, -0.25) is 4.79 Å². The van der Waals surface area contributed by atoms with Crippen molar-refractivity contribution in [3.05, 3.63) is 0 Å². The maximum Gasteiger partial charge on any atom is 0.326 e. The minimum atomic E-state index is -1.27. The summed E-state index contributed by atoms with van der Waals surface area (Å²) in [5.41, 5.74) is 4.93. The standard InChI is InChI=1S/C10H18N4O4/c11-8(15)6-7(9(16)17)13-10(18)14-4-1-2-12-3-5-14/h7,12H,1-6H2,(H2,11,15)(H,13,18)(H,16,17). The first kappa shape index (κ1) is 14.2. The molecule has 18 heavy (non-hydrogen) atoms. The molecule has 3 amide bonds. The van der Waals surface area contributed by atoms with Crippen LogP contribution in [0.3, 0.4) is 0 Å². The van der Waals surface area contributed by atoms with E-state index in [1.807, 2.05) is 0 Å². The van der Waals surface area contributed by atoms with Crippen LogP contribution >= 0.6 is 0 Å². The van der Waals surface area contributed by atoms with Gasteiger partial charge in [-0.05, 0) is 13.0 Å². The Labute approximate surface area is 104 Å². The van der Waals surface area contributed by atoms with Crippen LogP contribution in [0.25, 0.3) is 0 Å². The SMILES string of the molecule is NC(=O)CC(NC(=O)N1CCCNCC1)C(=O)O. The van der Waals surface area contributed by atoms with E-state index >= 15 is 0 Å². The molecule has 5 N–H and O–H groups in total. The highest BCUT2D eigenvalue weighted by molar-refractivity contribution is 5.87. The number of carbonyl (C=O) groups excluding carboxylic acids is 2. The summed E-state index contributed by atoms with van der Waals surface area (Å²) in [5, 5.41) is 14.3. The first-order valence-corrected chi connectivity index (χ1v) is 5.78. The summed E-state index contributed by atoms with van der Waals surface area (Å²) < 4.78 is 0. The second kappa shape index (κ2) is 6.80. The number of nitrogens with one attached hydrogen (secondary N) is 2. The molecule has 8 heteroatoms. The summed E-state index contributed by atoms with van der Waals surface area (Å²) in [6.45, 7) is 2.56. The molecule has 1 aliphatic rings. The van der Waals surface area contributed by atoms with Gasteiger partial charge in [-0.25, -0.2) is 9.59 Å². The summed E-state index contributed by atoms with van der Waals surface area (Å²) in [6.07, 6.45) is 0.397. The Balaban J connectivity index is 2.53. The molecule has 1 saturated heterocycles. The largest absolute Gasteiger partial charge is 0.480 e. The number of carboxylic acid groups (broad SMARTS) is 1. The summed E-state index contributed by atoms with van der Waals surface area (Å²) in [6, 6.07) is -1.75. The molecule has 0 aliphatic carbocycles. The smallest absolute Gasteiger partial charge is 0.326 e. The third-order valence-electron chi connectivity index (χ3n) is 2.63. The molecule has 8 nitrogen and oxygen atoms in total. The van der Waals surface area contributed by atoms with Crippen LogP contribution in [0, 0.1) is 0 Å². The van der Waals surface area contributed by atoms with Crippen molar-refractivity contribution < 1.29 is 19.5 Å². The van der Waals surface area contributed by atoms with Gasteiger partial charge in [-0.1, -0.05) is 0 Å². The highest BCUT2D eigenvalue weighted by Crippen LogP contribution is 1.99. The number of hydrogen-bond donors (Lipinski definition) is 4. The number of amides is 3. The van der Waals surface area contributed by atoms with Crippen LogP contribution in [0.1, 0.15) is 12.8 Å². The van der Waals surface area contributed by atoms with Gasteiger partial charge in [0.25, 0.3) is 0 Å². The third-order valence-corrected chi connectivity index (χ3v) is 2.63. The van der Waals surface area contributed by atoms with E-state index in [2.05, 4.69) is 10.6 Å². The molecule has 0 aromatic heterocycles. The van der Waals surface area contributed by atoms with Crippen molar-refractivity contribution in [2.45, 2.75) is 18.9 Å². The fourth-order valence-corrected chi connectivity index (χ4v) is 1.69. The molecule has 0 radical (unpaired) electrons. The first-order chi connectivity index (χ1) is 8.50. The van der Waals surface area contributed by atoms with Crippen LogP contribution in [-0.4, -0.2) is 60.1 Å². The van der Waals surface area contributed by atoms with E-state index in [9.17, 15) is 14.4 Å². The predicted octanol–water partition coefficient (Wildman–Crippen LogP) is -1.68. The van der Waals surface area contributed by atoms with Crippen LogP contribution in [0.4, 0.5) is 4.79 Å². The summed E-state index contributed by atoms with van der Waals surface area (Å²) >= 11 is 0. The van der Waals surface area contributed by atoms with Crippen molar-refractivity contribution in [1.29, 1.82) is 0 Å². The van der Waals surface area contributed by atoms with Crippen LogP contribution in [0.2, 0.25) is 0 Å². The lowest BCUT2D eigenvalue weighted by molar-refractivity contribution is -0.140. The first-order valence-electron chi connectivity index (χ1n) is 5.78. The number of hydrogen-bond acceptors (Lipinski definition) is 4. The van der Waals surface area contributed by atoms with Crippen LogP contribution in [-0.2, 0) is 9.59 Å². The normalized spacial score (nSPS) is 17.7. The number of carboxylic acids is 1. The number of urea groups is 1. The van der Waals surface area contributed by atoms with E-state index in [1.54, 1.807) is 0 Å². The lowest BCUT2D eigenvalue weighted by Crippen LogP contribution is -2.50. The molecule has 1 unspecified atom stereocenters. The average molecular weight is 258 g/mol. The maximum atomic E-state index is 11.8. The highest BCUT2D eigenvalue weighted by atomic mass is 16.4. The van der Waals surface area contributed by atoms with Gasteiger partial charge in [0.1, 0.15) is 6.04 Å². The molecule has 0 aromatic rings. The molecule has 0 saturated carbocycles. The Morgan fingerprint density at radius 2 is 2.06 bits per heavy atom. The predicted molar refractivity (Wildman–Crippen MR) is 62.8 cm³/mol. The maximum absolute atomic E-state index is 11.8. The topological polar surface area (TPSA) is 125 Å². The van der Waals surface area contributed by atoms with Crippen molar-refractivity contribution in [2.24, 2.45) is 5.73 Å². The number of rotatable bonds is 4. The monoisotopic (exact) mass is 258 g/mol. The highest BCUT2D eigenvalue weighted by Gasteiger charge is 2.25. The van der Waals surface area contributed by atoms with Gasteiger partial charge in [-0.2, -0.15) is 0 Å². The van der Waals surface area contributed by atoms with E-state index in [-0.39, 0.29) is 0 Å². The number of nitrogens with zero attached hydrogens (tertiary/aromatic N) is 1. The number of aliphatic carboxylic acids is 1. The van der Waals surface area contributed by atoms with Gasteiger partial charge >= 0.3 is 12.0 Å². The van der Waals surface area contributed by atoms with Gasteiger partial charge in [0.05, 0.1) is 6.42 Å². The lowest BCUT2D eigenvalue weighted by atomic mass is 10.2. The molecule has 1 rings (SSSR count). The van der Waals surface area contributed by atoms with Crippen molar-refractivity contribution in [3.63, 3.8) is 0 Å². The zero-order valence-electron chi connectivity index (χ0n) is 10.0. The van der Waals surface area contributed by atoms with E-state index in [4.69, 9.17) is 10.8 Å². The summed E-state index contributed by atoms with van der Waals surface area (Å²) in [7, 11) is 0. The fourth-order valence-electron chi connectivity index (χ4n) is 1.69. The molecule has 0 spiro atoms. The molecule has 1 aliphatic heterocycles. The van der Waals surface area contributed by atoms with Crippen LogP contribution < -0.4 is 16.4 Å². The third kappa shape index (κ3) is 4.58. The lowest BCUT2D eigenvalue weighted by Gasteiger charge is -2.22. The van der Waals surface area contributed by atoms with E-state index in [0.717, 1.165) is 13.0 Å². The van der Waals surface area contributed by atoms with Gasteiger partial charge in [0.15, 0.2) is 0 Å². The van der Waals surface area contributed by atoms with Crippen LogP contribution in [0.5, 0.6) is 0 Å². The fraction of sp³-hybridized carbons (Fsp3) is 0.700. The second-order valence-corrected chi connectivity index (χ2v) is 4.10. The molecule has 1 fully saturated rings. The van der Waals surface area contributed by atoms with E-state index in [1.165, 1.54) is 4.90 Å². The number of primary amides is 1. The van der Waals surface area contributed by atoms with Gasteiger partial charge in [0, 0.05) is 19.6 Å². The van der Waals surface area contributed by atoms with Gasteiger partial charge < -0.3 is 26.4 Å². The Morgan fingerprint density at radius 1 is 1.33 bits per heavy atom. The van der Waals surface area contributed by atoms with Crippen molar-refractivity contribution in [1.82, 2.24) is 15.5 Å². The average Bonchev–Trinajstić information content (AvgIpc) is 2.55. The van der Waals surface area contributed by atoms with Crippen LogP contribution in [0.15, 0.2) is 0 Å². The molecule has 0 aromatic carbocycles. The zero-order valence-corrected chi connectivity index (χ0v) is 10.0. The molecular formula is C10H18N4O4. The van der Waals surface area contributed by atoms with Gasteiger partial charge in [0.2, 0.25) is 5.91 Å². The zero-order chi connectivity index (χ0) is 13.5. The number of carbonyl (C=O) groups is 3. The molecule has 1 heterocycles. The molecule has 1 atom stereocenters. The Kier molecular flexibility index (Phi) is 5.37. The number of nitrogens with two attached hydrogens (primary N) is 1. The van der Waals surface area contributed by atoms with Gasteiger partial charge in [-0.15, -0.1) is 0 Å². The minimum Gasteiger partial charge on any atom is -0.480 e. The quantitative estimate of drug-likeness (QED) is 0.479. The summed E-state index contributed by atoms with van der Waals surface area (Å²) in [5.74, 6) is -2.03. The molecular weight excluding hydrogens is 240 g/mol. The second-order valence-electron chi connectivity index (χ2n) is 4.10.